The summed E-state index contributed by atoms with van der Waals surface area (Å²) in [6.45, 7) is 0.444. The molecule has 132 valence electrons. The molecule has 0 radical (unpaired) electrons. The number of para-hydroxylation sites is 1. The van der Waals surface area contributed by atoms with E-state index in [2.05, 4.69) is 25.6 Å². The number of fused-ring (bicyclic) bond motifs is 1. The average Bonchev–Trinajstić information content (AvgIpc) is 2.73. The van der Waals surface area contributed by atoms with Gasteiger partial charge in [0.05, 0.1) is 11.2 Å². The molecule has 0 aliphatic heterocycles. The third kappa shape index (κ3) is 3.90. The van der Waals surface area contributed by atoms with Crippen molar-refractivity contribution in [1.82, 2.24) is 20.3 Å². The molecular formula is C21H17N5O. The summed E-state index contributed by atoms with van der Waals surface area (Å²) in [5.74, 6) is 0.0980. The lowest BCUT2D eigenvalue weighted by molar-refractivity contribution is 0.0946. The van der Waals surface area contributed by atoms with Crippen LogP contribution in [0.5, 0.6) is 0 Å². The van der Waals surface area contributed by atoms with Crippen molar-refractivity contribution in [3.63, 3.8) is 0 Å². The van der Waals surface area contributed by atoms with E-state index < -0.39 is 0 Å². The number of rotatable bonds is 5. The SMILES string of the molecule is O=C(NCc1ccccc1)c1ccnc(Nc2cccc3cccnc23)n1. The summed E-state index contributed by atoms with van der Waals surface area (Å²) >= 11 is 0. The molecule has 0 saturated carbocycles. The van der Waals surface area contributed by atoms with Crippen molar-refractivity contribution >= 4 is 28.4 Å². The van der Waals surface area contributed by atoms with Crippen LogP contribution in [0.25, 0.3) is 10.9 Å². The first kappa shape index (κ1) is 16.7. The van der Waals surface area contributed by atoms with Crippen LogP contribution in [0.15, 0.2) is 79.1 Å². The highest BCUT2D eigenvalue weighted by Crippen LogP contribution is 2.22. The minimum Gasteiger partial charge on any atom is -0.347 e. The van der Waals surface area contributed by atoms with Crippen LogP contribution in [0.1, 0.15) is 16.1 Å². The van der Waals surface area contributed by atoms with Gasteiger partial charge in [-0.3, -0.25) is 9.78 Å². The molecule has 0 aliphatic carbocycles. The number of hydrogen-bond donors (Lipinski definition) is 2. The second-order valence-corrected chi connectivity index (χ2v) is 5.94. The number of hydrogen-bond acceptors (Lipinski definition) is 5. The standard InChI is InChI=1S/C21H17N5O/c27-20(24-14-15-6-2-1-3-7-15)18-11-13-23-21(26-18)25-17-10-4-8-16-9-5-12-22-19(16)17/h1-13H,14H2,(H,24,27)(H,23,25,26). The summed E-state index contributed by atoms with van der Waals surface area (Å²) in [7, 11) is 0. The van der Waals surface area contributed by atoms with Gasteiger partial charge in [0.15, 0.2) is 0 Å². The quantitative estimate of drug-likeness (QED) is 0.571. The number of carbonyl (C=O) groups excluding carboxylic acids is 1. The summed E-state index contributed by atoms with van der Waals surface area (Å²) in [5.41, 5.74) is 2.94. The van der Waals surface area contributed by atoms with Gasteiger partial charge in [0.1, 0.15) is 5.69 Å². The fourth-order valence-corrected chi connectivity index (χ4v) is 2.74. The maximum atomic E-state index is 12.4. The number of amides is 1. The first-order valence-corrected chi connectivity index (χ1v) is 8.55. The summed E-state index contributed by atoms with van der Waals surface area (Å²) < 4.78 is 0. The summed E-state index contributed by atoms with van der Waals surface area (Å²) in [6, 6.07) is 21.0. The Morgan fingerprint density at radius 1 is 0.852 bits per heavy atom. The van der Waals surface area contributed by atoms with E-state index in [1.54, 1.807) is 18.5 Å². The molecule has 4 rings (SSSR count). The molecule has 0 spiro atoms. The van der Waals surface area contributed by atoms with Crippen LogP contribution >= 0.6 is 0 Å². The molecule has 2 N–H and O–H groups in total. The van der Waals surface area contributed by atoms with Crippen molar-refractivity contribution in [2.24, 2.45) is 0 Å². The molecule has 0 saturated heterocycles. The lowest BCUT2D eigenvalue weighted by atomic mass is 10.2. The van der Waals surface area contributed by atoms with E-state index in [4.69, 9.17) is 0 Å². The number of pyridine rings is 1. The van der Waals surface area contributed by atoms with E-state index in [9.17, 15) is 4.79 Å². The number of anilines is 2. The summed E-state index contributed by atoms with van der Waals surface area (Å²) in [6.07, 6.45) is 3.30. The van der Waals surface area contributed by atoms with Crippen LogP contribution in [0, 0.1) is 0 Å². The molecule has 0 fully saturated rings. The number of benzene rings is 2. The number of aromatic nitrogens is 3. The first-order valence-electron chi connectivity index (χ1n) is 8.55. The molecule has 6 heteroatoms. The zero-order valence-electron chi connectivity index (χ0n) is 14.5. The lowest BCUT2D eigenvalue weighted by Crippen LogP contribution is -2.24. The van der Waals surface area contributed by atoms with Crippen molar-refractivity contribution in [3.8, 4) is 0 Å². The highest BCUT2D eigenvalue weighted by molar-refractivity contribution is 5.93. The maximum absolute atomic E-state index is 12.4. The summed E-state index contributed by atoms with van der Waals surface area (Å²) in [5, 5.41) is 7.03. The van der Waals surface area contributed by atoms with Crippen LogP contribution in [0.2, 0.25) is 0 Å². The number of nitrogens with zero attached hydrogens (tertiary/aromatic N) is 3. The molecule has 1 amide bonds. The molecule has 2 heterocycles. The number of nitrogens with one attached hydrogen (secondary N) is 2. The number of carbonyl (C=O) groups is 1. The minimum absolute atomic E-state index is 0.250. The Balaban J connectivity index is 1.51. The molecule has 2 aromatic carbocycles. The highest BCUT2D eigenvalue weighted by atomic mass is 16.1. The maximum Gasteiger partial charge on any atom is 0.270 e. The average molecular weight is 355 g/mol. The molecule has 4 aromatic rings. The van der Waals surface area contributed by atoms with Gasteiger partial charge in [0.25, 0.3) is 5.91 Å². The normalized spacial score (nSPS) is 10.5. The smallest absolute Gasteiger partial charge is 0.270 e. The molecular weight excluding hydrogens is 338 g/mol. The Labute approximate surface area is 156 Å². The van der Waals surface area contributed by atoms with Gasteiger partial charge in [-0.25, -0.2) is 9.97 Å². The molecule has 27 heavy (non-hydrogen) atoms. The monoisotopic (exact) mass is 355 g/mol. The molecule has 0 aliphatic rings. The van der Waals surface area contributed by atoms with Crippen LogP contribution in [0.4, 0.5) is 11.6 Å². The second-order valence-electron chi connectivity index (χ2n) is 5.94. The Morgan fingerprint density at radius 3 is 2.59 bits per heavy atom. The van der Waals surface area contributed by atoms with Gasteiger partial charge >= 0.3 is 0 Å². The Bertz CT molecular complexity index is 1080. The zero-order chi connectivity index (χ0) is 18.5. The van der Waals surface area contributed by atoms with E-state index in [1.165, 1.54) is 0 Å². The van der Waals surface area contributed by atoms with Gasteiger partial charge < -0.3 is 10.6 Å². The Morgan fingerprint density at radius 2 is 1.70 bits per heavy atom. The lowest BCUT2D eigenvalue weighted by Gasteiger charge is -2.09. The van der Waals surface area contributed by atoms with Crippen molar-refractivity contribution in [2.45, 2.75) is 6.54 Å². The highest BCUT2D eigenvalue weighted by Gasteiger charge is 2.10. The largest absolute Gasteiger partial charge is 0.347 e. The third-order valence-corrected chi connectivity index (χ3v) is 4.06. The Kier molecular flexibility index (Phi) is 4.70. The third-order valence-electron chi connectivity index (χ3n) is 4.06. The fraction of sp³-hybridized carbons (Fsp3) is 0.0476. The molecule has 0 bridgehead atoms. The first-order chi connectivity index (χ1) is 13.3. The van der Waals surface area contributed by atoms with E-state index >= 15 is 0 Å². The van der Waals surface area contributed by atoms with Crippen LogP contribution < -0.4 is 10.6 Å². The van der Waals surface area contributed by atoms with Crippen molar-refractivity contribution in [2.75, 3.05) is 5.32 Å². The predicted octanol–water partition coefficient (Wildman–Crippen LogP) is 3.70. The Hall–Kier alpha value is -3.80. The van der Waals surface area contributed by atoms with Crippen molar-refractivity contribution in [1.29, 1.82) is 0 Å². The van der Waals surface area contributed by atoms with Crippen molar-refractivity contribution in [3.05, 3.63) is 90.4 Å². The fourth-order valence-electron chi connectivity index (χ4n) is 2.74. The van der Waals surface area contributed by atoms with Gasteiger partial charge in [-0.2, -0.15) is 0 Å². The van der Waals surface area contributed by atoms with Gasteiger partial charge in [-0.15, -0.1) is 0 Å². The molecule has 2 aromatic heterocycles. The molecule has 0 atom stereocenters. The predicted molar refractivity (Wildman–Crippen MR) is 105 cm³/mol. The van der Waals surface area contributed by atoms with E-state index in [0.717, 1.165) is 22.2 Å². The van der Waals surface area contributed by atoms with E-state index in [1.807, 2.05) is 60.7 Å². The van der Waals surface area contributed by atoms with Crippen LogP contribution in [-0.2, 0) is 6.54 Å². The van der Waals surface area contributed by atoms with Crippen LogP contribution in [-0.4, -0.2) is 20.9 Å². The van der Waals surface area contributed by atoms with Gasteiger partial charge in [0.2, 0.25) is 5.95 Å². The minimum atomic E-state index is -0.250. The van der Waals surface area contributed by atoms with Gasteiger partial charge in [-0.1, -0.05) is 48.5 Å². The van der Waals surface area contributed by atoms with E-state index in [0.29, 0.717) is 18.2 Å². The zero-order valence-corrected chi connectivity index (χ0v) is 14.5. The van der Waals surface area contributed by atoms with Crippen molar-refractivity contribution < 1.29 is 4.79 Å². The van der Waals surface area contributed by atoms with Crippen LogP contribution in [0.3, 0.4) is 0 Å². The topological polar surface area (TPSA) is 79.8 Å². The van der Waals surface area contributed by atoms with E-state index in [-0.39, 0.29) is 5.91 Å². The summed E-state index contributed by atoms with van der Waals surface area (Å²) in [4.78, 5) is 25.3. The second kappa shape index (κ2) is 7.61. The van der Waals surface area contributed by atoms with Gasteiger partial charge in [0, 0.05) is 24.3 Å². The van der Waals surface area contributed by atoms with Gasteiger partial charge in [-0.05, 0) is 23.8 Å². The molecule has 0 unspecified atom stereocenters. The molecule has 6 nitrogen and oxygen atoms in total.